The molecule has 0 spiro atoms. The number of aromatic amines is 1. The highest BCUT2D eigenvalue weighted by Crippen LogP contribution is 2.24. The molecule has 1 heterocycles. The molecule has 2 rings (SSSR count). The molecule has 0 saturated carbocycles. The Morgan fingerprint density at radius 2 is 1.92 bits per heavy atom. The lowest BCUT2D eigenvalue weighted by Crippen LogP contribution is -1.77. The molecule has 0 unspecified atom stereocenters. The number of rotatable bonds is 1. The van der Waals surface area contributed by atoms with Gasteiger partial charge in [0.1, 0.15) is 3.70 Å². The van der Waals surface area contributed by atoms with Crippen LogP contribution in [0.3, 0.4) is 0 Å². The highest BCUT2D eigenvalue weighted by atomic mass is 127. The fourth-order valence-electron chi connectivity index (χ4n) is 1.10. The van der Waals surface area contributed by atoms with Crippen LogP contribution in [0, 0.1) is 3.70 Å². The molecule has 0 radical (unpaired) electrons. The van der Waals surface area contributed by atoms with E-state index in [2.05, 4.69) is 60.9 Å². The predicted octanol–water partition coefficient (Wildman–Crippen LogP) is 3.44. The van der Waals surface area contributed by atoms with E-state index in [-0.39, 0.29) is 0 Å². The second-order valence-electron chi connectivity index (χ2n) is 2.60. The number of hydrogen-bond acceptors (Lipinski definition) is 1. The van der Waals surface area contributed by atoms with Crippen molar-refractivity contribution in [3.05, 3.63) is 38.6 Å². The molecule has 0 bridgehead atoms. The van der Waals surface area contributed by atoms with Crippen molar-refractivity contribution >= 4 is 38.5 Å². The van der Waals surface area contributed by atoms with E-state index >= 15 is 0 Å². The van der Waals surface area contributed by atoms with Crippen LogP contribution in [-0.4, -0.2) is 10.2 Å². The van der Waals surface area contributed by atoms with E-state index in [4.69, 9.17) is 0 Å². The van der Waals surface area contributed by atoms with E-state index in [1.807, 2.05) is 18.3 Å². The summed E-state index contributed by atoms with van der Waals surface area (Å²) in [5.74, 6) is 0. The third kappa shape index (κ3) is 1.94. The number of halogens is 2. The molecule has 0 atom stereocenters. The molecule has 2 nitrogen and oxygen atoms in total. The van der Waals surface area contributed by atoms with Gasteiger partial charge in [-0.05, 0) is 40.3 Å². The number of nitrogens with zero attached hydrogens (tertiary/aromatic N) is 1. The van der Waals surface area contributed by atoms with Gasteiger partial charge in [-0.15, -0.1) is 0 Å². The first-order valence-corrected chi connectivity index (χ1v) is 5.59. The molecule has 1 aromatic heterocycles. The predicted molar refractivity (Wildman–Crippen MR) is 64.4 cm³/mol. The molecule has 0 aliphatic heterocycles. The summed E-state index contributed by atoms with van der Waals surface area (Å²) < 4.78 is 2.16. The van der Waals surface area contributed by atoms with Crippen LogP contribution >= 0.6 is 38.5 Å². The average Bonchev–Trinajstić information content (AvgIpc) is 2.53. The van der Waals surface area contributed by atoms with E-state index < -0.39 is 0 Å². The van der Waals surface area contributed by atoms with Crippen molar-refractivity contribution in [1.29, 1.82) is 0 Å². The van der Waals surface area contributed by atoms with E-state index in [9.17, 15) is 0 Å². The number of nitrogens with one attached hydrogen (secondary N) is 1. The topological polar surface area (TPSA) is 28.7 Å². The Morgan fingerprint density at radius 3 is 2.46 bits per heavy atom. The Morgan fingerprint density at radius 1 is 1.23 bits per heavy atom. The first-order valence-electron chi connectivity index (χ1n) is 3.72. The van der Waals surface area contributed by atoms with Gasteiger partial charge >= 0.3 is 0 Å². The van der Waals surface area contributed by atoms with Crippen LogP contribution in [0.5, 0.6) is 0 Å². The first kappa shape index (κ1) is 9.21. The summed E-state index contributed by atoms with van der Waals surface area (Å²) in [6.45, 7) is 0. The second-order valence-corrected chi connectivity index (χ2v) is 4.60. The van der Waals surface area contributed by atoms with Crippen LogP contribution in [0.4, 0.5) is 0 Å². The van der Waals surface area contributed by atoms with Gasteiger partial charge in [0.2, 0.25) is 0 Å². The fourth-order valence-corrected chi connectivity index (χ4v) is 1.96. The van der Waals surface area contributed by atoms with Gasteiger partial charge in [0.15, 0.2) is 0 Å². The Kier molecular flexibility index (Phi) is 2.69. The number of H-pyrrole nitrogens is 1. The SMILES string of the molecule is Brc1ccc(-c2cn[nH]c2I)cc1. The van der Waals surface area contributed by atoms with E-state index in [0.717, 1.165) is 13.7 Å². The summed E-state index contributed by atoms with van der Waals surface area (Å²) in [6.07, 6.45) is 1.84. The van der Waals surface area contributed by atoms with Gasteiger partial charge in [0, 0.05) is 10.0 Å². The molecule has 0 fully saturated rings. The van der Waals surface area contributed by atoms with Crippen LogP contribution in [0.15, 0.2) is 34.9 Å². The van der Waals surface area contributed by atoms with Crippen molar-refractivity contribution in [2.75, 3.05) is 0 Å². The zero-order valence-corrected chi connectivity index (χ0v) is 10.3. The van der Waals surface area contributed by atoms with Gasteiger partial charge < -0.3 is 0 Å². The van der Waals surface area contributed by atoms with Crippen molar-refractivity contribution in [2.24, 2.45) is 0 Å². The van der Waals surface area contributed by atoms with Gasteiger partial charge in [-0.3, -0.25) is 5.10 Å². The van der Waals surface area contributed by atoms with E-state index in [1.165, 1.54) is 5.56 Å². The summed E-state index contributed by atoms with van der Waals surface area (Å²) in [5.41, 5.74) is 2.33. The molecule has 0 aliphatic rings. The molecule has 0 saturated heterocycles. The standard InChI is InChI=1S/C9H6BrIN2/c10-7-3-1-6(2-4-7)8-5-12-13-9(8)11/h1-5H,(H,12,13). The minimum Gasteiger partial charge on any atom is -0.272 e. The molecular formula is C9H6BrIN2. The highest BCUT2D eigenvalue weighted by Gasteiger charge is 2.03. The largest absolute Gasteiger partial charge is 0.272 e. The molecule has 0 amide bonds. The molecule has 13 heavy (non-hydrogen) atoms. The maximum atomic E-state index is 3.98. The summed E-state index contributed by atoms with van der Waals surface area (Å²) >= 11 is 5.64. The molecule has 1 N–H and O–H groups in total. The lowest BCUT2D eigenvalue weighted by Gasteiger charge is -1.97. The molecule has 1 aromatic carbocycles. The van der Waals surface area contributed by atoms with Crippen LogP contribution < -0.4 is 0 Å². The van der Waals surface area contributed by atoms with Crippen molar-refractivity contribution in [3.8, 4) is 11.1 Å². The summed E-state index contributed by atoms with van der Waals surface area (Å²) in [4.78, 5) is 0. The third-order valence-corrected chi connectivity index (χ3v) is 3.10. The average molecular weight is 349 g/mol. The summed E-state index contributed by atoms with van der Waals surface area (Å²) in [6, 6.07) is 8.19. The zero-order chi connectivity index (χ0) is 9.26. The van der Waals surface area contributed by atoms with E-state index in [1.54, 1.807) is 0 Å². The van der Waals surface area contributed by atoms with Gasteiger partial charge in [0.05, 0.1) is 6.20 Å². The van der Waals surface area contributed by atoms with E-state index in [0.29, 0.717) is 0 Å². The number of hydrogen-bond donors (Lipinski definition) is 1. The lowest BCUT2D eigenvalue weighted by atomic mass is 10.1. The minimum absolute atomic E-state index is 1.07. The third-order valence-electron chi connectivity index (χ3n) is 1.75. The van der Waals surface area contributed by atoms with Crippen molar-refractivity contribution in [2.45, 2.75) is 0 Å². The van der Waals surface area contributed by atoms with Crippen LogP contribution in [0.2, 0.25) is 0 Å². The van der Waals surface area contributed by atoms with Crippen molar-refractivity contribution < 1.29 is 0 Å². The van der Waals surface area contributed by atoms with Crippen LogP contribution in [0.25, 0.3) is 11.1 Å². The van der Waals surface area contributed by atoms with Gasteiger partial charge in [0.25, 0.3) is 0 Å². The van der Waals surface area contributed by atoms with Crippen molar-refractivity contribution in [3.63, 3.8) is 0 Å². The Balaban J connectivity index is 2.47. The molecule has 0 aliphatic carbocycles. The molecule has 4 heteroatoms. The molecular weight excluding hydrogens is 343 g/mol. The minimum atomic E-state index is 1.07. The quantitative estimate of drug-likeness (QED) is 0.786. The Bertz CT molecular complexity index is 408. The van der Waals surface area contributed by atoms with Gasteiger partial charge in [-0.1, -0.05) is 28.1 Å². The summed E-state index contributed by atoms with van der Waals surface area (Å²) in [5, 5.41) is 6.88. The first-order chi connectivity index (χ1) is 6.27. The zero-order valence-electron chi connectivity index (χ0n) is 6.59. The van der Waals surface area contributed by atoms with Crippen LogP contribution in [0.1, 0.15) is 0 Å². The Hall–Kier alpha value is -0.360. The normalized spacial score (nSPS) is 10.3. The van der Waals surface area contributed by atoms with Crippen molar-refractivity contribution in [1.82, 2.24) is 10.2 Å². The van der Waals surface area contributed by atoms with Crippen LogP contribution in [-0.2, 0) is 0 Å². The number of aromatic nitrogens is 2. The lowest BCUT2D eigenvalue weighted by molar-refractivity contribution is 1.07. The summed E-state index contributed by atoms with van der Waals surface area (Å²) in [7, 11) is 0. The number of benzene rings is 1. The Labute approximate surface area is 98.0 Å². The highest BCUT2D eigenvalue weighted by molar-refractivity contribution is 14.1. The van der Waals surface area contributed by atoms with Gasteiger partial charge in [-0.2, -0.15) is 5.10 Å². The fraction of sp³-hybridized carbons (Fsp3) is 0. The monoisotopic (exact) mass is 348 g/mol. The smallest absolute Gasteiger partial charge is 0.104 e. The molecule has 2 aromatic rings. The maximum absolute atomic E-state index is 3.98. The second kappa shape index (κ2) is 3.79. The molecule has 66 valence electrons. The van der Waals surface area contributed by atoms with Gasteiger partial charge in [-0.25, -0.2) is 0 Å². The maximum Gasteiger partial charge on any atom is 0.104 e.